The minimum Gasteiger partial charge on any atom is -0.318 e. The molecule has 92 valence electrons. The standard InChI is InChI=1S/C12H10N2O3S/c1-7(15)17-13-9-5-6-14-11-8(9)3-2-4-10(11)18-12(14)16/h2-4H,5-6H2,1H3/b13-9+. The Morgan fingerprint density at radius 3 is 3.11 bits per heavy atom. The van der Waals surface area contributed by atoms with Crippen LogP contribution >= 0.6 is 11.3 Å². The summed E-state index contributed by atoms with van der Waals surface area (Å²) in [5.74, 6) is -0.442. The Hall–Kier alpha value is -1.95. The molecule has 3 rings (SSSR count). The summed E-state index contributed by atoms with van der Waals surface area (Å²) < 4.78 is 2.69. The number of carbonyl (C=O) groups excluding carboxylic acids is 1. The van der Waals surface area contributed by atoms with Crippen LogP contribution in [0.5, 0.6) is 0 Å². The van der Waals surface area contributed by atoms with E-state index >= 15 is 0 Å². The number of oxime groups is 1. The highest BCUT2D eigenvalue weighted by molar-refractivity contribution is 7.16. The van der Waals surface area contributed by atoms with Crippen molar-refractivity contribution in [2.45, 2.75) is 19.9 Å². The predicted molar refractivity (Wildman–Crippen MR) is 69.0 cm³/mol. The second-order valence-electron chi connectivity index (χ2n) is 4.04. The van der Waals surface area contributed by atoms with E-state index in [9.17, 15) is 9.59 Å². The molecule has 1 aromatic carbocycles. The van der Waals surface area contributed by atoms with Crippen molar-refractivity contribution in [3.63, 3.8) is 0 Å². The Morgan fingerprint density at radius 2 is 2.33 bits per heavy atom. The van der Waals surface area contributed by atoms with E-state index in [0.717, 1.165) is 15.8 Å². The molecule has 0 saturated carbocycles. The summed E-state index contributed by atoms with van der Waals surface area (Å²) in [7, 11) is 0. The number of rotatable bonds is 1. The van der Waals surface area contributed by atoms with Crippen LogP contribution in [-0.4, -0.2) is 16.2 Å². The fraction of sp³-hybridized carbons (Fsp3) is 0.250. The van der Waals surface area contributed by atoms with Crippen molar-refractivity contribution in [3.8, 4) is 0 Å². The van der Waals surface area contributed by atoms with Crippen molar-refractivity contribution in [2.24, 2.45) is 5.16 Å². The summed E-state index contributed by atoms with van der Waals surface area (Å²) in [5, 5.41) is 3.87. The van der Waals surface area contributed by atoms with Gasteiger partial charge in [0.2, 0.25) is 0 Å². The van der Waals surface area contributed by atoms with Gasteiger partial charge >= 0.3 is 10.8 Å². The van der Waals surface area contributed by atoms with Gasteiger partial charge in [-0.2, -0.15) is 0 Å². The fourth-order valence-corrected chi connectivity index (χ4v) is 3.07. The molecular formula is C12H10N2O3S. The number of aromatic nitrogens is 1. The second-order valence-corrected chi connectivity index (χ2v) is 5.04. The Morgan fingerprint density at radius 1 is 1.50 bits per heavy atom. The average molecular weight is 262 g/mol. The third-order valence-corrected chi connectivity index (χ3v) is 3.80. The van der Waals surface area contributed by atoms with Crippen LogP contribution in [0, 0.1) is 0 Å². The zero-order chi connectivity index (χ0) is 12.7. The first-order valence-corrected chi connectivity index (χ1v) is 6.35. The van der Waals surface area contributed by atoms with E-state index in [1.54, 1.807) is 4.57 Å². The van der Waals surface area contributed by atoms with Crippen LogP contribution in [0.1, 0.15) is 18.9 Å². The lowest BCUT2D eigenvalue weighted by Crippen LogP contribution is -2.22. The predicted octanol–water partition coefficient (Wildman–Crippen LogP) is 1.73. The molecule has 1 aliphatic heterocycles. The molecule has 0 unspecified atom stereocenters. The highest BCUT2D eigenvalue weighted by atomic mass is 32.1. The summed E-state index contributed by atoms with van der Waals surface area (Å²) in [6.45, 7) is 1.89. The van der Waals surface area contributed by atoms with Gasteiger partial charge in [0.15, 0.2) is 0 Å². The maximum atomic E-state index is 11.8. The molecule has 2 heterocycles. The van der Waals surface area contributed by atoms with Gasteiger partial charge in [0.1, 0.15) is 0 Å². The zero-order valence-electron chi connectivity index (χ0n) is 9.67. The third-order valence-electron chi connectivity index (χ3n) is 2.85. The van der Waals surface area contributed by atoms with Crippen molar-refractivity contribution >= 4 is 33.2 Å². The highest BCUT2D eigenvalue weighted by Gasteiger charge is 2.21. The third kappa shape index (κ3) is 1.65. The fourth-order valence-electron chi connectivity index (χ4n) is 2.13. The molecule has 0 atom stereocenters. The molecule has 6 heteroatoms. The largest absolute Gasteiger partial charge is 0.331 e. The molecule has 1 aromatic heterocycles. The normalized spacial score (nSPS) is 16.2. The van der Waals surface area contributed by atoms with Gasteiger partial charge in [-0.1, -0.05) is 28.6 Å². The number of para-hydroxylation sites is 1. The van der Waals surface area contributed by atoms with E-state index in [-0.39, 0.29) is 4.87 Å². The summed E-state index contributed by atoms with van der Waals surface area (Å²) in [6.07, 6.45) is 0.593. The lowest BCUT2D eigenvalue weighted by atomic mass is 10.0. The molecule has 0 fully saturated rings. The van der Waals surface area contributed by atoms with Gasteiger partial charge < -0.3 is 4.84 Å². The Labute approximate surface area is 106 Å². The molecule has 0 spiro atoms. The van der Waals surface area contributed by atoms with Gasteiger partial charge in [-0.05, 0) is 6.07 Å². The van der Waals surface area contributed by atoms with Crippen LogP contribution in [0.4, 0.5) is 0 Å². The van der Waals surface area contributed by atoms with Gasteiger partial charge in [0.25, 0.3) is 0 Å². The smallest absolute Gasteiger partial charge is 0.318 e. The molecule has 0 amide bonds. The summed E-state index contributed by atoms with van der Waals surface area (Å²) in [4.78, 5) is 27.3. The van der Waals surface area contributed by atoms with Gasteiger partial charge in [-0.15, -0.1) is 0 Å². The number of hydrogen-bond donors (Lipinski definition) is 0. The molecule has 5 nitrogen and oxygen atoms in total. The molecule has 0 bridgehead atoms. The Balaban J connectivity index is 2.21. The number of nitrogens with zero attached hydrogens (tertiary/aromatic N) is 2. The second kappa shape index (κ2) is 4.06. The van der Waals surface area contributed by atoms with Crippen molar-refractivity contribution in [3.05, 3.63) is 33.4 Å². The topological polar surface area (TPSA) is 60.7 Å². The van der Waals surface area contributed by atoms with E-state index < -0.39 is 5.97 Å². The quantitative estimate of drug-likeness (QED) is 0.581. The lowest BCUT2D eigenvalue weighted by Gasteiger charge is -2.15. The molecular weight excluding hydrogens is 252 g/mol. The van der Waals surface area contributed by atoms with E-state index in [4.69, 9.17) is 4.84 Å². The minimum atomic E-state index is -0.442. The first-order valence-electron chi connectivity index (χ1n) is 5.54. The minimum absolute atomic E-state index is 0.0454. The first kappa shape index (κ1) is 11.2. The van der Waals surface area contributed by atoms with E-state index in [0.29, 0.717) is 18.7 Å². The summed E-state index contributed by atoms with van der Waals surface area (Å²) in [6, 6.07) is 5.69. The van der Waals surface area contributed by atoms with Crippen molar-refractivity contribution in [2.75, 3.05) is 0 Å². The van der Waals surface area contributed by atoms with Crippen LogP contribution in [0.3, 0.4) is 0 Å². The van der Waals surface area contributed by atoms with Crippen LogP contribution in [-0.2, 0) is 16.2 Å². The maximum Gasteiger partial charge on any atom is 0.331 e. The van der Waals surface area contributed by atoms with E-state index in [2.05, 4.69) is 5.16 Å². The zero-order valence-corrected chi connectivity index (χ0v) is 10.5. The Bertz CT molecular complexity index is 726. The molecule has 0 radical (unpaired) electrons. The highest BCUT2D eigenvalue weighted by Crippen LogP contribution is 2.26. The van der Waals surface area contributed by atoms with E-state index in [1.807, 2.05) is 18.2 Å². The number of aryl methyl sites for hydroxylation is 1. The van der Waals surface area contributed by atoms with Crippen molar-refractivity contribution in [1.82, 2.24) is 4.57 Å². The summed E-state index contributed by atoms with van der Waals surface area (Å²) in [5.41, 5.74) is 2.48. The van der Waals surface area contributed by atoms with Crippen molar-refractivity contribution < 1.29 is 9.63 Å². The first-order chi connectivity index (χ1) is 8.66. The number of thiazole rings is 1. The van der Waals surface area contributed by atoms with Gasteiger partial charge in [0, 0.05) is 25.5 Å². The molecule has 1 aliphatic rings. The number of carbonyl (C=O) groups is 1. The van der Waals surface area contributed by atoms with Crippen LogP contribution < -0.4 is 4.87 Å². The number of benzene rings is 1. The average Bonchev–Trinajstić information content (AvgIpc) is 2.67. The van der Waals surface area contributed by atoms with Gasteiger partial charge in [-0.3, -0.25) is 9.36 Å². The molecule has 0 saturated heterocycles. The molecule has 2 aromatic rings. The molecule has 0 aliphatic carbocycles. The van der Waals surface area contributed by atoms with Crippen LogP contribution in [0.2, 0.25) is 0 Å². The Kier molecular flexibility index (Phi) is 2.52. The number of hydrogen-bond acceptors (Lipinski definition) is 5. The van der Waals surface area contributed by atoms with Crippen LogP contribution in [0.25, 0.3) is 10.2 Å². The maximum absolute atomic E-state index is 11.8. The lowest BCUT2D eigenvalue weighted by molar-refractivity contribution is -0.140. The summed E-state index contributed by atoms with van der Waals surface area (Å²) >= 11 is 1.23. The van der Waals surface area contributed by atoms with E-state index in [1.165, 1.54) is 18.3 Å². The molecule has 0 N–H and O–H groups in total. The monoisotopic (exact) mass is 262 g/mol. The van der Waals surface area contributed by atoms with Gasteiger partial charge in [-0.25, -0.2) is 4.79 Å². The molecule has 18 heavy (non-hydrogen) atoms. The van der Waals surface area contributed by atoms with Crippen molar-refractivity contribution in [1.29, 1.82) is 0 Å². The van der Waals surface area contributed by atoms with Gasteiger partial charge in [0.05, 0.1) is 15.9 Å². The SMILES string of the molecule is CC(=O)O/N=C1\CCn2c(=O)sc3cccc1c32. The van der Waals surface area contributed by atoms with Crippen LogP contribution in [0.15, 0.2) is 28.1 Å².